The van der Waals surface area contributed by atoms with Gasteiger partial charge in [-0.1, -0.05) is 12.1 Å². The van der Waals surface area contributed by atoms with Crippen LogP contribution in [0.25, 0.3) is 0 Å². The van der Waals surface area contributed by atoms with Gasteiger partial charge in [0.2, 0.25) is 0 Å². The van der Waals surface area contributed by atoms with Gasteiger partial charge in [0.25, 0.3) is 0 Å². The Morgan fingerprint density at radius 1 is 1.33 bits per heavy atom. The maximum atomic E-state index is 11.1. The molecule has 0 heterocycles. The summed E-state index contributed by atoms with van der Waals surface area (Å²) in [5, 5.41) is 9.03. The Morgan fingerprint density at radius 3 is 2.28 bits per heavy atom. The minimum absolute atomic E-state index is 0. The van der Waals surface area contributed by atoms with Gasteiger partial charge >= 0.3 is 43.3 Å². The topological polar surface area (TPSA) is 130 Å². The van der Waals surface area contributed by atoms with Crippen molar-refractivity contribution in [3.8, 4) is 5.75 Å². The number of phenolic OH excluding ortho intramolecular Hbond substituents is 1. The quantitative estimate of drug-likeness (QED) is 0.423. The number of aromatic hydroxyl groups is 1. The Labute approximate surface area is 125 Å². The van der Waals surface area contributed by atoms with E-state index in [2.05, 4.69) is 4.52 Å². The van der Waals surface area contributed by atoms with E-state index in [1.165, 1.54) is 12.1 Å². The number of hydrogen-bond acceptors (Lipinski definition) is 5. The van der Waals surface area contributed by atoms with Crippen LogP contribution in [0, 0.1) is 0 Å². The van der Waals surface area contributed by atoms with Gasteiger partial charge in [0.1, 0.15) is 11.8 Å². The molecule has 18 heavy (non-hydrogen) atoms. The van der Waals surface area contributed by atoms with E-state index in [0.717, 1.165) is 0 Å². The van der Waals surface area contributed by atoms with E-state index in [1.807, 2.05) is 0 Å². The van der Waals surface area contributed by atoms with Crippen molar-refractivity contribution >= 4 is 43.3 Å². The van der Waals surface area contributed by atoms with Crippen LogP contribution < -0.4 is 5.73 Å². The normalized spacial score (nSPS) is 12.4. The SMILES string of the molecule is N[C@@H](Cc1ccc(O)cc1)C(=O)OP(=O)(O)O.[NaH]. The molecule has 0 aliphatic carbocycles. The van der Waals surface area contributed by atoms with Crippen LogP contribution in [0.15, 0.2) is 24.3 Å². The molecule has 0 saturated carbocycles. The van der Waals surface area contributed by atoms with Gasteiger partial charge in [-0.15, -0.1) is 0 Å². The molecule has 1 rings (SSSR count). The Hall–Kier alpha value is -0.400. The molecule has 0 bridgehead atoms. The van der Waals surface area contributed by atoms with Gasteiger partial charge in [-0.05, 0) is 24.1 Å². The summed E-state index contributed by atoms with van der Waals surface area (Å²) in [7, 11) is -4.86. The summed E-state index contributed by atoms with van der Waals surface area (Å²) in [6.45, 7) is 0. The molecule has 0 radical (unpaired) electrons. The molecule has 0 aliphatic heterocycles. The first kappa shape index (κ1) is 17.6. The van der Waals surface area contributed by atoms with Gasteiger partial charge in [0.05, 0.1) is 0 Å². The third-order valence-corrected chi connectivity index (χ3v) is 2.32. The summed E-state index contributed by atoms with van der Waals surface area (Å²) in [6.07, 6.45) is 0.0547. The zero-order valence-corrected chi connectivity index (χ0v) is 9.58. The van der Waals surface area contributed by atoms with Crippen molar-refractivity contribution < 1.29 is 28.8 Å². The average Bonchev–Trinajstić information content (AvgIpc) is 2.19. The summed E-state index contributed by atoms with van der Waals surface area (Å²) in [5.41, 5.74) is 6.05. The molecule has 0 fully saturated rings. The van der Waals surface area contributed by atoms with Crippen LogP contribution in [-0.2, 0) is 20.3 Å². The number of phenols is 1. The summed E-state index contributed by atoms with van der Waals surface area (Å²) in [4.78, 5) is 28.0. The van der Waals surface area contributed by atoms with Crippen LogP contribution in [0.2, 0.25) is 0 Å². The third-order valence-electron chi connectivity index (χ3n) is 1.90. The van der Waals surface area contributed by atoms with Crippen LogP contribution in [0.4, 0.5) is 0 Å². The first-order valence-corrected chi connectivity index (χ1v) is 6.13. The molecular weight excluding hydrogens is 272 g/mol. The van der Waals surface area contributed by atoms with E-state index in [1.54, 1.807) is 12.1 Å². The van der Waals surface area contributed by atoms with Gasteiger partial charge in [-0.3, -0.25) is 9.79 Å². The van der Waals surface area contributed by atoms with E-state index >= 15 is 0 Å². The molecular formula is C9H13NNaO6P. The monoisotopic (exact) mass is 285 g/mol. The van der Waals surface area contributed by atoms with Gasteiger partial charge in [-0.2, -0.15) is 0 Å². The molecule has 0 aliphatic rings. The molecule has 0 unspecified atom stereocenters. The first-order valence-electron chi connectivity index (χ1n) is 4.60. The van der Waals surface area contributed by atoms with E-state index in [9.17, 15) is 9.36 Å². The van der Waals surface area contributed by atoms with Crippen LogP contribution in [0.3, 0.4) is 0 Å². The predicted molar refractivity (Wildman–Crippen MR) is 65.1 cm³/mol. The van der Waals surface area contributed by atoms with Crippen molar-refractivity contribution in [2.24, 2.45) is 5.73 Å². The van der Waals surface area contributed by atoms with Crippen LogP contribution in [0.1, 0.15) is 5.56 Å². The van der Waals surface area contributed by atoms with Crippen LogP contribution in [0.5, 0.6) is 5.75 Å². The average molecular weight is 285 g/mol. The number of nitrogens with two attached hydrogens (primary N) is 1. The molecule has 9 heteroatoms. The van der Waals surface area contributed by atoms with Gasteiger partial charge < -0.3 is 15.4 Å². The molecule has 0 aromatic heterocycles. The molecule has 0 amide bonds. The maximum absolute atomic E-state index is 11.1. The van der Waals surface area contributed by atoms with Crippen molar-refractivity contribution in [3.63, 3.8) is 0 Å². The molecule has 1 aromatic rings. The number of hydrogen-bond donors (Lipinski definition) is 4. The van der Waals surface area contributed by atoms with E-state index in [0.29, 0.717) is 5.56 Å². The Kier molecular flexibility index (Phi) is 7.09. The fourth-order valence-electron chi connectivity index (χ4n) is 1.15. The molecule has 7 nitrogen and oxygen atoms in total. The van der Waals surface area contributed by atoms with Crippen molar-refractivity contribution in [2.75, 3.05) is 0 Å². The van der Waals surface area contributed by atoms with Crippen molar-refractivity contribution in [3.05, 3.63) is 29.8 Å². The molecule has 1 atom stereocenters. The number of carbonyl (C=O) groups is 1. The second-order valence-corrected chi connectivity index (χ2v) is 4.54. The summed E-state index contributed by atoms with van der Waals surface area (Å²) in [6, 6.07) is 4.74. The van der Waals surface area contributed by atoms with Crippen molar-refractivity contribution in [1.82, 2.24) is 0 Å². The number of phosphoric ester groups is 1. The molecule has 1 aromatic carbocycles. The second kappa shape index (κ2) is 7.25. The number of benzene rings is 1. The Morgan fingerprint density at radius 2 is 1.83 bits per heavy atom. The zero-order valence-electron chi connectivity index (χ0n) is 8.68. The summed E-state index contributed by atoms with van der Waals surface area (Å²) in [5.74, 6) is -1.11. The van der Waals surface area contributed by atoms with Gasteiger partial charge in [0.15, 0.2) is 0 Å². The van der Waals surface area contributed by atoms with Crippen LogP contribution in [-0.4, -0.2) is 56.5 Å². The Balaban J connectivity index is 0.00000289. The fourth-order valence-corrected chi connectivity index (χ4v) is 1.52. The number of phosphoric acid groups is 1. The van der Waals surface area contributed by atoms with E-state index in [-0.39, 0.29) is 41.7 Å². The molecule has 0 spiro atoms. The molecule has 0 saturated heterocycles. The molecule has 96 valence electrons. The first-order chi connectivity index (χ1) is 7.78. The summed E-state index contributed by atoms with van der Waals surface area (Å²) >= 11 is 0. The van der Waals surface area contributed by atoms with Crippen molar-refractivity contribution in [2.45, 2.75) is 12.5 Å². The predicted octanol–water partition coefficient (Wildman–Crippen LogP) is -0.751. The van der Waals surface area contributed by atoms with E-state index < -0.39 is 19.8 Å². The molecule has 5 N–H and O–H groups in total. The van der Waals surface area contributed by atoms with Crippen LogP contribution >= 0.6 is 7.82 Å². The van der Waals surface area contributed by atoms with E-state index in [4.69, 9.17) is 20.6 Å². The minimum atomic E-state index is -4.86. The zero-order chi connectivity index (χ0) is 13.1. The number of rotatable bonds is 4. The number of carbonyl (C=O) groups excluding carboxylic acids is 1. The standard InChI is InChI=1S/C9H12NO6P.Na.H/c10-8(9(12)16-17(13,14)15)5-6-1-3-7(11)4-2-6;;/h1-4,8,11H,5,10H2,(H2,13,14,15);;/t8-;;/m0../s1. The van der Waals surface area contributed by atoms with Gasteiger partial charge in [-0.25, -0.2) is 9.36 Å². The van der Waals surface area contributed by atoms with Crippen molar-refractivity contribution in [1.29, 1.82) is 0 Å². The summed E-state index contributed by atoms with van der Waals surface area (Å²) < 4.78 is 14.3. The fraction of sp³-hybridized carbons (Fsp3) is 0.222. The second-order valence-electron chi connectivity index (χ2n) is 3.38. The Bertz CT molecular complexity index is 445. The third kappa shape index (κ3) is 6.51. The van der Waals surface area contributed by atoms with Gasteiger partial charge in [0, 0.05) is 0 Å².